The molecule has 1 aromatic rings. The number of hydrogen-bond donors (Lipinski definition) is 2. The first-order chi connectivity index (χ1) is 9.63. The van der Waals surface area contributed by atoms with E-state index in [-0.39, 0.29) is 6.04 Å². The molecule has 0 amide bonds. The van der Waals surface area contributed by atoms with Crippen LogP contribution in [-0.4, -0.2) is 36.3 Å². The van der Waals surface area contributed by atoms with Gasteiger partial charge in [-0.1, -0.05) is 27.2 Å². The molecule has 0 radical (unpaired) electrons. The molecule has 20 heavy (non-hydrogen) atoms. The Kier molecular flexibility index (Phi) is 7.30. The summed E-state index contributed by atoms with van der Waals surface area (Å²) in [5, 5.41) is 6.83. The maximum Gasteiger partial charge on any atom is 0.135 e. The summed E-state index contributed by atoms with van der Waals surface area (Å²) in [6.07, 6.45) is 3.79. The lowest BCUT2D eigenvalue weighted by Gasteiger charge is -2.22. The maximum atomic E-state index is 5.29. The molecule has 1 unspecified atom stereocenters. The van der Waals surface area contributed by atoms with Gasteiger partial charge in [0.25, 0.3) is 0 Å². The molecule has 0 fully saturated rings. The van der Waals surface area contributed by atoms with Crippen LogP contribution in [0, 0.1) is 0 Å². The molecule has 1 atom stereocenters. The summed E-state index contributed by atoms with van der Waals surface area (Å²) >= 11 is 0. The van der Waals surface area contributed by atoms with E-state index in [1.807, 2.05) is 0 Å². The van der Waals surface area contributed by atoms with Gasteiger partial charge in [0.05, 0.1) is 12.6 Å². The van der Waals surface area contributed by atoms with Crippen LogP contribution in [0.3, 0.4) is 0 Å². The monoisotopic (exact) mass is 280 g/mol. The Morgan fingerprint density at radius 3 is 2.45 bits per heavy atom. The molecule has 5 heteroatoms. The van der Waals surface area contributed by atoms with Crippen LogP contribution >= 0.6 is 0 Å². The van der Waals surface area contributed by atoms with Crippen molar-refractivity contribution in [1.29, 1.82) is 0 Å². The van der Waals surface area contributed by atoms with Gasteiger partial charge in [0.15, 0.2) is 0 Å². The van der Waals surface area contributed by atoms with Gasteiger partial charge < -0.3 is 15.4 Å². The fraction of sp³-hybridized carbons (Fsp3) is 0.733. The van der Waals surface area contributed by atoms with Crippen LogP contribution in [0.15, 0.2) is 6.33 Å². The third-order valence-corrected chi connectivity index (χ3v) is 3.15. The maximum absolute atomic E-state index is 5.29. The van der Waals surface area contributed by atoms with Gasteiger partial charge in [0.1, 0.15) is 18.0 Å². The summed E-state index contributed by atoms with van der Waals surface area (Å²) in [6.45, 7) is 10.1. The molecule has 0 aliphatic heterocycles. The van der Waals surface area contributed by atoms with E-state index < -0.39 is 0 Å². The van der Waals surface area contributed by atoms with Crippen LogP contribution in [0.2, 0.25) is 0 Å². The largest absolute Gasteiger partial charge is 0.383 e. The van der Waals surface area contributed by atoms with E-state index in [1.54, 1.807) is 13.4 Å². The molecule has 114 valence electrons. The fourth-order valence-corrected chi connectivity index (χ4v) is 2.31. The first-order valence-electron chi connectivity index (χ1n) is 7.48. The summed E-state index contributed by atoms with van der Waals surface area (Å²) in [5.41, 5.74) is 1.14. The predicted octanol–water partition coefficient (Wildman–Crippen LogP) is 3.26. The molecule has 0 aliphatic carbocycles. The van der Waals surface area contributed by atoms with E-state index in [4.69, 9.17) is 4.74 Å². The molecule has 0 saturated heterocycles. The van der Waals surface area contributed by atoms with E-state index in [9.17, 15) is 0 Å². The molecular formula is C15H28N4O. The lowest BCUT2D eigenvalue weighted by molar-refractivity contribution is 0.182. The van der Waals surface area contributed by atoms with Crippen molar-refractivity contribution < 1.29 is 4.74 Å². The first kappa shape index (κ1) is 16.7. The molecular weight excluding hydrogens is 252 g/mol. The highest BCUT2D eigenvalue weighted by Gasteiger charge is 2.17. The van der Waals surface area contributed by atoms with Crippen molar-refractivity contribution in [2.75, 3.05) is 30.9 Å². The molecule has 5 nitrogen and oxygen atoms in total. The van der Waals surface area contributed by atoms with Crippen molar-refractivity contribution in [2.24, 2.45) is 0 Å². The van der Waals surface area contributed by atoms with Crippen molar-refractivity contribution in [3.63, 3.8) is 0 Å². The highest BCUT2D eigenvalue weighted by atomic mass is 16.5. The SMILES string of the molecule is CCCC(COC)Nc1ncnc(NCC)c1C(C)C. The molecule has 0 aromatic carbocycles. The van der Waals surface area contributed by atoms with E-state index in [0.717, 1.165) is 36.6 Å². The van der Waals surface area contributed by atoms with Crippen LogP contribution in [0.25, 0.3) is 0 Å². The average molecular weight is 280 g/mol. The van der Waals surface area contributed by atoms with Gasteiger partial charge >= 0.3 is 0 Å². The van der Waals surface area contributed by atoms with E-state index >= 15 is 0 Å². The summed E-state index contributed by atoms with van der Waals surface area (Å²) in [5.74, 6) is 2.20. The number of rotatable bonds is 9. The second kappa shape index (κ2) is 8.74. The molecule has 0 spiro atoms. The summed E-state index contributed by atoms with van der Waals surface area (Å²) in [6, 6.07) is 0.284. The van der Waals surface area contributed by atoms with Crippen LogP contribution in [-0.2, 0) is 4.74 Å². The van der Waals surface area contributed by atoms with Gasteiger partial charge in [-0.05, 0) is 19.3 Å². The zero-order chi connectivity index (χ0) is 15.0. The highest BCUT2D eigenvalue weighted by Crippen LogP contribution is 2.28. The van der Waals surface area contributed by atoms with Gasteiger partial charge in [0.2, 0.25) is 0 Å². The lowest BCUT2D eigenvalue weighted by Crippen LogP contribution is -2.26. The number of hydrogen-bond acceptors (Lipinski definition) is 5. The quantitative estimate of drug-likeness (QED) is 0.727. The van der Waals surface area contributed by atoms with Gasteiger partial charge in [-0.25, -0.2) is 9.97 Å². The molecule has 1 aromatic heterocycles. The van der Waals surface area contributed by atoms with Crippen LogP contribution in [0.4, 0.5) is 11.6 Å². The standard InChI is InChI=1S/C15H28N4O/c1-6-8-12(9-20-5)19-15-13(11(3)4)14(16-7-2)17-10-18-15/h10-12H,6-9H2,1-5H3,(H2,16,17,18,19). The summed E-state index contributed by atoms with van der Waals surface area (Å²) < 4.78 is 5.29. The zero-order valence-electron chi connectivity index (χ0n) is 13.4. The minimum absolute atomic E-state index is 0.284. The molecule has 1 heterocycles. The average Bonchev–Trinajstić information content (AvgIpc) is 2.39. The molecule has 0 aliphatic rings. The minimum atomic E-state index is 0.284. The molecule has 0 saturated carbocycles. The molecule has 0 bridgehead atoms. The first-order valence-corrected chi connectivity index (χ1v) is 7.48. The minimum Gasteiger partial charge on any atom is -0.383 e. The van der Waals surface area contributed by atoms with Crippen LogP contribution < -0.4 is 10.6 Å². The van der Waals surface area contributed by atoms with Crippen LogP contribution in [0.1, 0.15) is 52.0 Å². The van der Waals surface area contributed by atoms with E-state index in [2.05, 4.69) is 48.3 Å². The Balaban J connectivity index is 3.00. The molecule has 1 rings (SSSR count). The number of nitrogens with zero attached hydrogens (tertiary/aromatic N) is 2. The van der Waals surface area contributed by atoms with Crippen molar-refractivity contribution in [2.45, 2.75) is 52.5 Å². The Bertz CT molecular complexity index is 389. The summed E-state index contributed by atoms with van der Waals surface area (Å²) in [4.78, 5) is 8.79. The Hall–Kier alpha value is -1.36. The van der Waals surface area contributed by atoms with Crippen molar-refractivity contribution in [3.8, 4) is 0 Å². The number of anilines is 2. The van der Waals surface area contributed by atoms with Crippen molar-refractivity contribution in [3.05, 3.63) is 11.9 Å². The van der Waals surface area contributed by atoms with Gasteiger partial charge in [-0.15, -0.1) is 0 Å². The Labute approximate surface area is 122 Å². The second-order valence-electron chi connectivity index (χ2n) is 5.25. The fourth-order valence-electron chi connectivity index (χ4n) is 2.31. The smallest absolute Gasteiger partial charge is 0.135 e. The Morgan fingerprint density at radius 2 is 1.90 bits per heavy atom. The van der Waals surface area contributed by atoms with E-state index in [0.29, 0.717) is 12.5 Å². The third kappa shape index (κ3) is 4.63. The number of ether oxygens (including phenoxy) is 1. The van der Waals surface area contributed by atoms with Crippen molar-refractivity contribution >= 4 is 11.6 Å². The zero-order valence-corrected chi connectivity index (χ0v) is 13.4. The topological polar surface area (TPSA) is 59.1 Å². The van der Waals surface area contributed by atoms with Gasteiger partial charge in [0, 0.05) is 19.2 Å². The third-order valence-electron chi connectivity index (χ3n) is 3.15. The van der Waals surface area contributed by atoms with Gasteiger partial charge in [-0.3, -0.25) is 0 Å². The summed E-state index contributed by atoms with van der Waals surface area (Å²) in [7, 11) is 1.73. The highest BCUT2D eigenvalue weighted by molar-refractivity contribution is 5.59. The number of nitrogens with one attached hydrogen (secondary N) is 2. The van der Waals surface area contributed by atoms with Crippen molar-refractivity contribution in [1.82, 2.24) is 9.97 Å². The van der Waals surface area contributed by atoms with E-state index in [1.165, 1.54) is 0 Å². The lowest BCUT2D eigenvalue weighted by atomic mass is 10.0. The normalized spacial score (nSPS) is 12.5. The number of methoxy groups -OCH3 is 1. The molecule has 2 N–H and O–H groups in total. The van der Waals surface area contributed by atoms with Crippen LogP contribution in [0.5, 0.6) is 0 Å². The number of aromatic nitrogens is 2. The predicted molar refractivity (Wildman–Crippen MR) is 84.5 cm³/mol. The second-order valence-corrected chi connectivity index (χ2v) is 5.25. The van der Waals surface area contributed by atoms with Gasteiger partial charge in [-0.2, -0.15) is 0 Å². The Morgan fingerprint density at radius 1 is 1.20 bits per heavy atom.